The molecule has 9 heavy (non-hydrogen) atoms. The quantitative estimate of drug-likeness (QED) is 0.375. The molecule has 0 aliphatic heterocycles. The van der Waals surface area contributed by atoms with E-state index >= 15 is 0 Å². The number of rotatable bonds is 0. The summed E-state index contributed by atoms with van der Waals surface area (Å²) in [6.07, 6.45) is 10.0. The molecule has 0 unspecified atom stereocenters. The molecule has 0 aromatic carbocycles. The zero-order valence-corrected chi connectivity index (χ0v) is 7.95. The maximum absolute atomic E-state index is 2.00. The summed E-state index contributed by atoms with van der Waals surface area (Å²) in [6.45, 7) is 0. The first-order valence-corrected chi connectivity index (χ1v) is 1.67. The Morgan fingerprint density at radius 3 is 1.00 bits per heavy atom. The molecule has 1 aliphatic rings. The van der Waals surface area contributed by atoms with Crippen LogP contribution in [0.1, 0.15) is 0 Å². The average Bonchev–Trinajstić information content (AvgIpc) is 1.76. The largest absolute Gasteiger partial charge is 3.00 e. The molecule has 0 aromatic rings. The van der Waals surface area contributed by atoms with E-state index in [1.54, 1.807) is 0 Å². The van der Waals surface area contributed by atoms with Crippen LogP contribution in [-0.4, -0.2) is 0 Å². The van der Waals surface area contributed by atoms with Gasteiger partial charge in [-0.15, -0.1) is 0 Å². The molecular formula is C8H14Ti. The molecule has 0 atom stereocenters. The first-order chi connectivity index (χ1) is 2.50. The van der Waals surface area contributed by atoms with Crippen LogP contribution in [0.3, 0.4) is 0 Å². The molecule has 0 heterocycles. The molecule has 0 fully saturated rings. The second-order valence-corrected chi connectivity index (χ2v) is 0.962. The van der Waals surface area contributed by atoms with Gasteiger partial charge in [0.05, 0.1) is 0 Å². The third-order valence-corrected chi connectivity index (χ3v) is 0.556. The summed E-state index contributed by atoms with van der Waals surface area (Å²) in [4.78, 5) is 0. The van der Waals surface area contributed by atoms with Crippen LogP contribution in [0.5, 0.6) is 0 Å². The van der Waals surface area contributed by atoms with E-state index in [1.165, 1.54) is 0 Å². The van der Waals surface area contributed by atoms with Crippen molar-refractivity contribution < 1.29 is 21.7 Å². The third kappa shape index (κ3) is 11.7. The van der Waals surface area contributed by atoms with Crippen LogP contribution in [-0.2, 0) is 21.7 Å². The first-order valence-electron chi connectivity index (χ1n) is 1.67. The van der Waals surface area contributed by atoms with Crippen molar-refractivity contribution in [3.8, 4) is 0 Å². The van der Waals surface area contributed by atoms with Crippen molar-refractivity contribution in [1.82, 2.24) is 0 Å². The van der Waals surface area contributed by atoms with E-state index in [0.717, 1.165) is 0 Å². The van der Waals surface area contributed by atoms with E-state index < -0.39 is 0 Å². The molecule has 0 nitrogen and oxygen atoms in total. The zero-order valence-electron chi connectivity index (χ0n) is 6.39. The molecule has 2 radical (unpaired) electrons. The van der Waals surface area contributed by atoms with E-state index in [9.17, 15) is 0 Å². The summed E-state index contributed by atoms with van der Waals surface area (Å²) >= 11 is 0. The van der Waals surface area contributed by atoms with Gasteiger partial charge in [-0.05, 0) is 0 Å². The fourth-order valence-electron chi connectivity index (χ4n) is 0.321. The maximum atomic E-state index is 2.00. The first kappa shape index (κ1) is 22.9. The van der Waals surface area contributed by atoms with Gasteiger partial charge in [-0.25, -0.2) is 0 Å². The van der Waals surface area contributed by atoms with E-state index in [-0.39, 0.29) is 44.0 Å². The van der Waals surface area contributed by atoms with Crippen molar-refractivity contribution in [2.45, 2.75) is 0 Å². The molecule has 0 saturated heterocycles. The summed E-state index contributed by atoms with van der Waals surface area (Å²) in [6, 6.07) is 0. The van der Waals surface area contributed by atoms with Gasteiger partial charge in [0.25, 0.3) is 0 Å². The number of allylic oxidation sites excluding steroid dienone is 4. The predicted octanol–water partition coefficient (Wildman–Crippen LogP) is 2.67. The van der Waals surface area contributed by atoms with Crippen molar-refractivity contribution in [1.29, 1.82) is 0 Å². The minimum absolute atomic E-state index is 0. The van der Waals surface area contributed by atoms with E-state index in [0.29, 0.717) is 0 Å². The SMILES string of the molecule is [CH3-].[CH3-].[CH3-].[CH]1C=CC=C1.[Ti+3]. The van der Waals surface area contributed by atoms with Crippen LogP contribution in [0.2, 0.25) is 0 Å². The zero-order chi connectivity index (χ0) is 3.54. The topological polar surface area (TPSA) is 0 Å². The van der Waals surface area contributed by atoms with Gasteiger partial charge in [0.1, 0.15) is 0 Å². The van der Waals surface area contributed by atoms with E-state index in [4.69, 9.17) is 0 Å². The summed E-state index contributed by atoms with van der Waals surface area (Å²) in [5, 5.41) is 0. The van der Waals surface area contributed by atoms with E-state index in [2.05, 4.69) is 0 Å². The van der Waals surface area contributed by atoms with Crippen molar-refractivity contribution in [2.24, 2.45) is 0 Å². The van der Waals surface area contributed by atoms with Crippen molar-refractivity contribution in [3.05, 3.63) is 53.0 Å². The summed E-state index contributed by atoms with van der Waals surface area (Å²) < 4.78 is 0. The van der Waals surface area contributed by atoms with Crippen LogP contribution in [0.4, 0.5) is 0 Å². The Hall–Kier alpha value is 0.194. The fourth-order valence-corrected chi connectivity index (χ4v) is 0.321. The van der Waals surface area contributed by atoms with Gasteiger partial charge in [0, 0.05) is 6.42 Å². The Morgan fingerprint density at radius 1 is 0.556 bits per heavy atom. The van der Waals surface area contributed by atoms with Crippen molar-refractivity contribution in [2.75, 3.05) is 0 Å². The number of hydrogen-bond donors (Lipinski definition) is 0. The van der Waals surface area contributed by atoms with Crippen molar-refractivity contribution in [3.63, 3.8) is 0 Å². The summed E-state index contributed by atoms with van der Waals surface area (Å²) in [7, 11) is 0. The standard InChI is InChI=1S/C5H5.3CH3.Ti/c1-2-4-5-3-1;;;;/h1-5H;3*1H3;/q;3*-1;+3. The Bertz CT molecular complexity index is 62.6. The van der Waals surface area contributed by atoms with Gasteiger partial charge in [0.2, 0.25) is 0 Å². The minimum Gasteiger partial charge on any atom is -0.358 e. The molecule has 0 N–H and O–H groups in total. The molecule has 1 rings (SSSR count). The van der Waals surface area contributed by atoms with Gasteiger partial charge in [0.15, 0.2) is 0 Å². The molecule has 0 bridgehead atoms. The van der Waals surface area contributed by atoms with Crippen LogP contribution in [0.25, 0.3) is 0 Å². The van der Waals surface area contributed by atoms with Gasteiger partial charge < -0.3 is 22.3 Å². The third-order valence-electron chi connectivity index (χ3n) is 0.556. The predicted molar refractivity (Wildman–Crippen MR) is 41.8 cm³/mol. The Labute approximate surface area is 74.9 Å². The van der Waals surface area contributed by atoms with E-state index in [1.807, 2.05) is 30.7 Å². The molecule has 1 heteroatoms. The monoisotopic (exact) mass is 158 g/mol. The Kier molecular flexibility index (Phi) is 40.0. The van der Waals surface area contributed by atoms with Crippen LogP contribution < -0.4 is 0 Å². The van der Waals surface area contributed by atoms with Crippen LogP contribution in [0.15, 0.2) is 24.3 Å². The van der Waals surface area contributed by atoms with Crippen molar-refractivity contribution >= 4 is 0 Å². The van der Waals surface area contributed by atoms with Gasteiger partial charge in [-0.1, -0.05) is 24.3 Å². The average molecular weight is 158 g/mol. The van der Waals surface area contributed by atoms with Gasteiger partial charge >= 0.3 is 21.7 Å². The molecular weight excluding hydrogens is 144 g/mol. The maximum Gasteiger partial charge on any atom is 3.00 e. The minimum atomic E-state index is 0. The summed E-state index contributed by atoms with van der Waals surface area (Å²) in [5.74, 6) is 0. The number of hydrogen-bond acceptors (Lipinski definition) is 0. The molecule has 50 valence electrons. The van der Waals surface area contributed by atoms with Gasteiger partial charge in [-0.3, -0.25) is 0 Å². The van der Waals surface area contributed by atoms with Crippen LogP contribution >= 0.6 is 0 Å². The molecule has 1 aliphatic carbocycles. The molecule has 0 saturated carbocycles. The smallest absolute Gasteiger partial charge is 0.358 e. The second-order valence-electron chi connectivity index (χ2n) is 0.962. The fraction of sp³-hybridized carbons (Fsp3) is 0. The summed E-state index contributed by atoms with van der Waals surface area (Å²) in [5.41, 5.74) is 0. The Balaban J connectivity index is -0.0000000312. The van der Waals surface area contributed by atoms with Gasteiger partial charge in [-0.2, -0.15) is 0 Å². The van der Waals surface area contributed by atoms with Crippen LogP contribution in [0, 0.1) is 28.7 Å². The molecule has 0 amide bonds. The second kappa shape index (κ2) is 15.7. The normalized spacial score (nSPS) is 9.78. The molecule has 0 aromatic heterocycles. The molecule has 0 spiro atoms. The Morgan fingerprint density at radius 2 is 0.889 bits per heavy atom.